The Morgan fingerprint density at radius 1 is 1.33 bits per heavy atom. The van der Waals surface area contributed by atoms with Crippen LogP contribution in [-0.4, -0.2) is 54.8 Å². The molecule has 5 nitrogen and oxygen atoms in total. The molecule has 1 amide bonds. The van der Waals surface area contributed by atoms with Crippen LogP contribution in [-0.2, 0) is 14.3 Å². The van der Waals surface area contributed by atoms with Gasteiger partial charge in [-0.15, -0.1) is 0 Å². The van der Waals surface area contributed by atoms with E-state index in [4.69, 9.17) is 9.47 Å². The maximum absolute atomic E-state index is 13.3. The van der Waals surface area contributed by atoms with Crippen molar-refractivity contribution in [2.45, 2.75) is 12.5 Å². The molecular formula is C18H19FN2O3. The highest BCUT2D eigenvalue weighted by Gasteiger charge is 2.28. The Kier molecular flexibility index (Phi) is 4.08. The molecule has 1 fully saturated rings. The molecule has 0 unspecified atom stereocenters. The molecule has 0 bridgehead atoms. The van der Waals surface area contributed by atoms with Crippen LogP contribution < -0.4 is 0 Å². The topological polar surface area (TPSA) is 54.6 Å². The summed E-state index contributed by atoms with van der Waals surface area (Å²) in [6.45, 7) is 2.56. The summed E-state index contributed by atoms with van der Waals surface area (Å²) in [6.07, 6.45) is 4.26. The van der Waals surface area contributed by atoms with E-state index in [9.17, 15) is 9.18 Å². The molecule has 126 valence electrons. The summed E-state index contributed by atoms with van der Waals surface area (Å²) < 4.78 is 24.1. The monoisotopic (exact) mass is 330 g/mol. The highest BCUT2D eigenvalue weighted by molar-refractivity contribution is 5.93. The number of aromatic nitrogens is 1. The van der Waals surface area contributed by atoms with Crippen LogP contribution in [0.4, 0.5) is 4.39 Å². The molecule has 2 aliphatic rings. The van der Waals surface area contributed by atoms with E-state index >= 15 is 0 Å². The van der Waals surface area contributed by atoms with E-state index in [1.807, 2.05) is 6.20 Å². The normalized spacial score (nSPS) is 21.8. The van der Waals surface area contributed by atoms with Crippen molar-refractivity contribution >= 4 is 22.4 Å². The van der Waals surface area contributed by atoms with E-state index in [2.05, 4.69) is 11.1 Å². The fraction of sp³-hybridized carbons (Fsp3) is 0.389. The first-order valence-electron chi connectivity index (χ1n) is 8.16. The number of amides is 1. The van der Waals surface area contributed by atoms with Crippen molar-refractivity contribution in [3.05, 3.63) is 41.9 Å². The Labute approximate surface area is 139 Å². The molecule has 4 rings (SSSR count). The van der Waals surface area contributed by atoms with Gasteiger partial charge in [0.1, 0.15) is 5.82 Å². The Morgan fingerprint density at radius 2 is 2.25 bits per heavy atom. The summed E-state index contributed by atoms with van der Waals surface area (Å²) in [7, 11) is 0. The van der Waals surface area contributed by atoms with Crippen molar-refractivity contribution in [2.75, 3.05) is 32.9 Å². The average molecular weight is 330 g/mol. The Balaban J connectivity index is 1.50. The zero-order chi connectivity index (χ0) is 16.5. The van der Waals surface area contributed by atoms with E-state index in [1.165, 1.54) is 17.7 Å². The molecule has 1 atom stereocenters. The first-order valence-corrected chi connectivity index (χ1v) is 8.16. The van der Waals surface area contributed by atoms with Gasteiger partial charge in [0.25, 0.3) is 5.91 Å². The van der Waals surface area contributed by atoms with Crippen molar-refractivity contribution in [1.29, 1.82) is 0 Å². The molecule has 0 aliphatic carbocycles. The molecule has 3 heterocycles. The second kappa shape index (κ2) is 6.37. The van der Waals surface area contributed by atoms with Crippen molar-refractivity contribution in [3.63, 3.8) is 0 Å². The van der Waals surface area contributed by atoms with E-state index < -0.39 is 6.10 Å². The number of benzene rings is 1. The SMILES string of the molecule is O=C([C@H]1COCCO1)N1CC=C(c2c[nH]c3cc(F)ccc23)CC1. The number of fused-ring (bicyclic) bond motifs is 1. The maximum Gasteiger partial charge on any atom is 0.254 e. The molecule has 0 saturated carbocycles. The van der Waals surface area contributed by atoms with Gasteiger partial charge >= 0.3 is 0 Å². The molecule has 0 radical (unpaired) electrons. The zero-order valence-electron chi connectivity index (χ0n) is 13.3. The fourth-order valence-electron chi connectivity index (χ4n) is 3.31. The third-order valence-electron chi connectivity index (χ3n) is 4.60. The number of nitrogens with one attached hydrogen (secondary N) is 1. The third kappa shape index (κ3) is 2.83. The minimum absolute atomic E-state index is 0.00834. The molecule has 1 aromatic heterocycles. The van der Waals surface area contributed by atoms with Gasteiger partial charge in [0, 0.05) is 35.8 Å². The standard InChI is InChI=1S/C18H19FN2O3/c19-13-1-2-14-15(10-20-16(14)9-13)12-3-5-21(6-4-12)18(22)17-11-23-7-8-24-17/h1-3,9-10,17,20H,4-8,11H2/t17-/m1/s1. The molecular weight excluding hydrogens is 311 g/mol. The Hall–Kier alpha value is -2.18. The van der Waals surface area contributed by atoms with Crippen molar-refractivity contribution < 1.29 is 18.7 Å². The van der Waals surface area contributed by atoms with Gasteiger partial charge in [0.05, 0.1) is 19.8 Å². The smallest absolute Gasteiger partial charge is 0.254 e. The highest BCUT2D eigenvalue weighted by Crippen LogP contribution is 2.29. The number of H-pyrrole nitrogens is 1. The number of carbonyl (C=O) groups excluding carboxylic acids is 1. The lowest BCUT2D eigenvalue weighted by atomic mass is 9.98. The maximum atomic E-state index is 13.3. The van der Waals surface area contributed by atoms with E-state index in [1.54, 1.807) is 11.0 Å². The van der Waals surface area contributed by atoms with Crippen LogP contribution in [0.1, 0.15) is 12.0 Å². The van der Waals surface area contributed by atoms with Crippen LogP contribution in [0, 0.1) is 5.82 Å². The summed E-state index contributed by atoms with van der Waals surface area (Å²) in [6, 6.07) is 4.76. The largest absolute Gasteiger partial charge is 0.376 e. The second-order valence-electron chi connectivity index (χ2n) is 6.09. The predicted molar refractivity (Wildman–Crippen MR) is 88.0 cm³/mol. The summed E-state index contributed by atoms with van der Waals surface area (Å²) in [5.41, 5.74) is 3.05. The third-order valence-corrected chi connectivity index (χ3v) is 4.60. The first-order chi connectivity index (χ1) is 11.7. The van der Waals surface area contributed by atoms with Crippen LogP contribution in [0.3, 0.4) is 0 Å². The average Bonchev–Trinajstić information content (AvgIpc) is 3.05. The Bertz CT molecular complexity index is 793. The van der Waals surface area contributed by atoms with Gasteiger partial charge in [0.15, 0.2) is 6.10 Å². The first kappa shape index (κ1) is 15.4. The second-order valence-corrected chi connectivity index (χ2v) is 6.09. The number of ether oxygens (including phenoxy) is 2. The molecule has 6 heteroatoms. The lowest BCUT2D eigenvalue weighted by molar-refractivity contribution is -0.157. The van der Waals surface area contributed by atoms with Gasteiger partial charge < -0.3 is 19.4 Å². The molecule has 2 aromatic rings. The summed E-state index contributed by atoms with van der Waals surface area (Å²) >= 11 is 0. The molecule has 0 spiro atoms. The number of rotatable bonds is 2. The number of hydrogen-bond acceptors (Lipinski definition) is 3. The van der Waals surface area contributed by atoms with Gasteiger partial charge in [-0.3, -0.25) is 4.79 Å². The summed E-state index contributed by atoms with van der Waals surface area (Å²) in [4.78, 5) is 17.4. The number of nitrogens with zero attached hydrogens (tertiary/aromatic N) is 1. The van der Waals surface area contributed by atoms with Gasteiger partial charge in [-0.2, -0.15) is 0 Å². The molecule has 24 heavy (non-hydrogen) atoms. The number of halogens is 1. The molecule has 1 aromatic carbocycles. The zero-order valence-corrected chi connectivity index (χ0v) is 13.3. The summed E-state index contributed by atoms with van der Waals surface area (Å²) in [5, 5.41) is 1.01. The van der Waals surface area contributed by atoms with Crippen molar-refractivity contribution in [2.24, 2.45) is 0 Å². The lowest BCUT2D eigenvalue weighted by Gasteiger charge is -2.31. The van der Waals surface area contributed by atoms with Gasteiger partial charge in [0.2, 0.25) is 0 Å². The summed E-state index contributed by atoms with van der Waals surface area (Å²) in [5.74, 6) is -0.258. The minimum atomic E-state index is -0.482. The molecule has 1 N–H and O–H groups in total. The minimum Gasteiger partial charge on any atom is -0.376 e. The molecule has 2 aliphatic heterocycles. The van der Waals surface area contributed by atoms with Gasteiger partial charge in [-0.25, -0.2) is 4.39 Å². The van der Waals surface area contributed by atoms with Crippen molar-refractivity contribution in [1.82, 2.24) is 9.88 Å². The Morgan fingerprint density at radius 3 is 3.00 bits per heavy atom. The molecule has 1 saturated heterocycles. The van der Waals surface area contributed by atoms with Crippen LogP contribution >= 0.6 is 0 Å². The number of aromatic amines is 1. The van der Waals surface area contributed by atoms with E-state index in [0.29, 0.717) is 32.9 Å². The van der Waals surface area contributed by atoms with Crippen LogP contribution in [0.2, 0.25) is 0 Å². The predicted octanol–water partition coefficient (Wildman–Crippen LogP) is 2.34. The number of carbonyl (C=O) groups is 1. The van der Waals surface area contributed by atoms with Crippen LogP contribution in [0.25, 0.3) is 16.5 Å². The van der Waals surface area contributed by atoms with E-state index in [-0.39, 0.29) is 11.7 Å². The van der Waals surface area contributed by atoms with Gasteiger partial charge in [-0.05, 0) is 30.2 Å². The fourth-order valence-corrected chi connectivity index (χ4v) is 3.31. The van der Waals surface area contributed by atoms with E-state index in [0.717, 1.165) is 22.9 Å². The van der Waals surface area contributed by atoms with Crippen LogP contribution in [0.15, 0.2) is 30.5 Å². The van der Waals surface area contributed by atoms with Crippen LogP contribution in [0.5, 0.6) is 0 Å². The number of hydrogen-bond donors (Lipinski definition) is 1. The lowest BCUT2D eigenvalue weighted by Crippen LogP contribution is -2.46. The quantitative estimate of drug-likeness (QED) is 0.919. The highest BCUT2D eigenvalue weighted by atomic mass is 19.1. The van der Waals surface area contributed by atoms with Crippen molar-refractivity contribution in [3.8, 4) is 0 Å². The van der Waals surface area contributed by atoms with Gasteiger partial charge in [-0.1, -0.05) is 6.08 Å².